The number of aromatic amines is 1. The average molecular weight is 574 g/mol. The molecule has 10 nitrogen and oxygen atoms in total. The Hall–Kier alpha value is -3.97. The maximum Gasteiger partial charge on any atom is 0.416 e. The van der Waals surface area contributed by atoms with Crippen LogP contribution >= 0.6 is 0 Å². The number of pyridine rings is 1. The van der Waals surface area contributed by atoms with Crippen LogP contribution in [0.3, 0.4) is 0 Å². The normalized spacial score (nSPS) is 14.6. The van der Waals surface area contributed by atoms with E-state index < -0.39 is 17.8 Å². The lowest BCUT2D eigenvalue weighted by atomic mass is 10.0. The van der Waals surface area contributed by atoms with Gasteiger partial charge in [-0.25, -0.2) is 14.8 Å². The molecule has 1 saturated heterocycles. The Balaban J connectivity index is 1.48. The van der Waals surface area contributed by atoms with Gasteiger partial charge in [0, 0.05) is 50.2 Å². The van der Waals surface area contributed by atoms with Crippen LogP contribution in [0.5, 0.6) is 5.75 Å². The first-order chi connectivity index (χ1) is 19.5. The predicted molar refractivity (Wildman–Crippen MR) is 150 cm³/mol. The molecule has 13 heteroatoms. The number of urea groups is 1. The van der Waals surface area contributed by atoms with E-state index in [-0.39, 0.29) is 29.1 Å². The number of hydrogen-bond acceptors (Lipinski definition) is 7. The smallest absolute Gasteiger partial charge is 0.416 e. The lowest BCUT2D eigenvalue weighted by Crippen LogP contribution is -2.45. The van der Waals surface area contributed by atoms with Crippen molar-refractivity contribution in [3.8, 4) is 17.1 Å². The van der Waals surface area contributed by atoms with Crippen LogP contribution in [-0.4, -0.2) is 70.1 Å². The fourth-order valence-electron chi connectivity index (χ4n) is 4.72. The van der Waals surface area contributed by atoms with Gasteiger partial charge in [0.1, 0.15) is 0 Å². The molecule has 3 N–H and O–H groups in total. The number of amides is 2. The summed E-state index contributed by atoms with van der Waals surface area (Å²) in [6.45, 7) is 11.6. The molecule has 3 aromatic rings. The molecule has 0 atom stereocenters. The van der Waals surface area contributed by atoms with Crippen LogP contribution in [0.15, 0.2) is 35.3 Å². The average Bonchev–Trinajstić information content (AvgIpc) is 2.92. The number of benzene rings is 1. The molecule has 2 amide bonds. The zero-order valence-electron chi connectivity index (χ0n) is 23.5. The molecule has 0 spiro atoms. The van der Waals surface area contributed by atoms with Crippen LogP contribution in [-0.2, 0) is 12.7 Å². The summed E-state index contributed by atoms with van der Waals surface area (Å²) in [6, 6.07) is 4.65. The van der Waals surface area contributed by atoms with E-state index in [1.54, 1.807) is 20.8 Å². The van der Waals surface area contributed by atoms with E-state index in [0.29, 0.717) is 48.2 Å². The number of carbonyl (C=O) groups excluding carboxylic acids is 1. The van der Waals surface area contributed by atoms with E-state index in [1.165, 1.54) is 24.4 Å². The van der Waals surface area contributed by atoms with Gasteiger partial charge in [-0.15, -0.1) is 0 Å². The first-order valence-electron chi connectivity index (χ1n) is 13.4. The third kappa shape index (κ3) is 7.41. The topological polar surface area (TPSA) is 115 Å². The van der Waals surface area contributed by atoms with E-state index in [4.69, 9.17) is 4.74 Å². The summed E-state index contributed by atoms with van der Waals surface area (Å²) >= 11 is 0. The third-order valence-electron chi connectivity index (χ3n) is 6.92. The molecule has 2 aromatic heterocycles. The minimum atomic E-state index is -4.57. The van der Waals surface area contributed by atoms with Gasteiger partial charge in [-0.3, -0.25) is 9.69 Å². The highest BCUT2D eigenvalue weighted by atomic mass is 19.4. The fourth-order valence-corrected chi connectivity index (χ4v) is 4.72. The molecule has 1 fully saturated rings. The van der Waals surface area contributed by atoms with Gasteiger partial charge in [0.15, 0.2) is 11.6 Å². The van der Waals surface area contributed by atoms with Crippen molar-refractivity contribution in [3.63, 3.8) is 0 Å². The van der Waals surface area contributed by atoms with Crippen molar-refractivity contribution < 1.29 is 22.7 Å². The molecular weight excluding hydrogens is 539 g/mol. The molecule has 0 aliphatic carbocycles. The number of H-pyrrole nitrogens is 1. The van der Waals surface area contributed by atoms with Crippen LogP contribution < -0.4 is 20.9 Å². The first-order valence-corrected chi connectivity index (χ1v) is 13.4. The summed E-state index contributed by atoms with van der Waals surface area (Å²) in [6.07, 6.45) is -3.11. The SMILES string of the molecule is CCOc1cc(-c2nc(C)c(NC(=O)Nc3ccc(CN4CCN(CC)CC4)c(C(F)(F)F)c3)c(C)n2)c[nH]c1=O. The zero-order chi connectivity index (χ0) is 29.7. The summed E-state index contributed by atoms with van der Waals surface area (Å²) in [5.74, 6) is 0.443. The Morgan fingerprint density at radius 2 is 1.68 bits per heavy atom. The van der Waals surface area contributed by atoms with E-state index >= 15 is 0 Å². The van der Waals surface area contributed by atoms with Gasteiger partial charge in [0.05, 0.1) is 29.2 Å². The molecule has 1 aromatic carbocycles. The van der Waals surface area contributed by atoms with Gasteiger partial charge < -0.3 is 25.3 Å². The zero-order valence-corrected chi connectivity index (χ0v) is 23.5. The minimum absolute atomic E-state index is 0.0129. The molecule has 220 valence electrons. The molecular formula is C28H34F3N7O3. The second-order valence-electron chi connectivity index (χ2n) is 9.77. The predicted octanol–water partition coefficient (Wildman–Crippen LogP) is 4.65. The highest BCUT2D eigenvalue weighted by Gasteiger charge is 2.34. The van der Waals surface area contributed by atoms with Crippen molar-refractivity contribution in [2.24, 2.45) is 0 Å². The minimum Gasteiger partial charge on any atom is -0.488 e. The summed E-state index contributed by atoms with van der Waals surface area (Å²) in [5.41, 5.74) is 0.721. The van der Waals surface area contributed by atoms with Gasteiger partial charge in [0.25, 0.3) is 5.56 Å². The van der Waals surface area contributed by atoms with E-state index in [2.05, 4.69) is 37.4 Å². The Morgan fingerprint density at radius 1 is 1.02 bits per heavy atom. The number of aromatic nitrogens is 3. The molecule has 41 heavy (non-hydrogen) atoms. The first kappa shape index (κ1) is 30.0. The number of carbonyl (C=O) groups is 1. The number of anilines is 2. The number of rotatable bonds is 8. The lowest BCUT2D eigenvalue weighted by molar-refractivity contribution is -0.138. The maximum atomic E-state index is 14.0. The Bertz CT molecular complexity index is 1430. The number of ether oxygens (including phenoxy) is 1. The van der Waals surface area contributed by atoms with E-state index in [0.717, 1.165) is 25.7 Å². The molecule has 1 aliphatic heterocycles. The van der Waals surface area contributed by atoms with Crippen molar-refractivity contribution in [1.82, 2.24) is 24.8 Å². The van der Waals surface area contributed by atoms with Gasteiger partial charge in [0.2, 0.25) is 0 Å². The molecule has 0 saturated carbocycles. The number of hydrogen-bond donors (Lipinski definition) is 3. The molecule has 1 aliphatic rings. The van der Waals surface area contributed by atoms with E-state index in [1.807, 2.05) is 4.90 Å². The lowest BCUT2D eigenvalue weighted by Gasteiger charge is -2.34. The number of halogens is 3. The Morgan fingerprint density at radius 3 is 2.29 bits per heavy atom. The van der Waals surface area contributed by atoms with Gasteiger partial charge in [-0.05, 0) is 51.1 Å². The van der Waals surface area contributed by atoms with Crippen molar-refractivity contribution in [1.29, 1.82) is 0 Å². The number of piperazine rings is 1. The molecule has 0 radical (unpaired) electrons. The van der Waals surface area contributed by atoms with Crippen LogP contribution in [0, 0.1) is 13.8 Å². The monoisotopic (exact) mass is 573 g/mol. The number of aryl methyl sites for hydroxylation is 2. The number of alkyl halides is 3. The molecule has 4 rings (SSSR count). The van der Waals surface area contributed by atoms with Crippen molar-refractivity contribution in [3.05, 3.63) is 63.3 Å². The number of nitrogens with zero attached hydrogens (tertiary/aromatic N) is 4. The standard InChI is InChI=1S/C28H34F3N7O3/c1-5-37-9-11-38(12-10-37)16-19-7-8-21(14-22(19)28(29,30)31)35-27(40)36-24-17(3)33-25(34-18(24)4)20-13-23(41-6-2)26(39)32-15-20/h7-8,13-15H,5-6,9-12,16H2,1-4H3,(H,32,39)(H2,35,36,40). The molecule has 0 bridgehead atoms. The second-order valence-corrected chi connectivity index (χ2v) is 9.77. The summed E-state index contributed by atoms with van der Waals surface area (Å²) in [5, 5.41) is 5.14. The third-order valence-corrected chi connectivity index (χ3v) is 6.92. The highest BCUT2D eigenvalue weighted by molar-refractivity contribution is 6.00. The Labute approximate surface area is 235 Å². The van der Waals surface area contributed by atoms with E-state index in [9.17, 15) is 22.8 Å². The van der Waals surface area contributed by atoms with Gasteiger partial charge in [-0.2, -0.15) is 13.2 Å². The highest BCUT2D eigenvalue weighted by Crippen LogP contribution is 2.35. The fraction of sp³-hybridized carbons (Fsp3) is 0.429. The second kappa shape index (κ2) is 12.7. The largest absolute Gasteiger partial charge is 0.488 e. The number of likely N-dealkylation sites (N-methyl/N-ethyl adjacent to an activating group) is 1. The quantitative estimate of drug-likeness (QED) is 0.359. The van der Waals surface area contributed by atoms with Crippen molar-refractivity contribution >= 4 is 17.4 Å². The Kier molecular flexibility index (Phi) is 9.28. The number of nitrogens with one attached hydrogen (secondary N) is 3. The van der Waals surface area contributed by atoms with Crippen LogP contribution in [0.2, 0.25) is 0 Å². The molecule has 0 unspecified atom stereocenters. The van der Waals surface area contributed by atoms with Gasteiger partial charge in [-0.1, -0.05) is 13.0 Å². The maximum absolute atomic E-state index is 14.0. The summed E-state index contributed by atoms with van der Waals surface area (Å²) in [7, 11) is 0. The van der Waals surface area contributed by atoms with Crippen molar-refractivity contribution in [2.45, 2.75) is 40.4 Å². The molecule has 3 heterocycles. The van der Waals surface area contributed by atoms with Crippen molar-refractivity contribution in [2.75, 3.05) is 50.0 Å². The van der Waals surface area contributed by atoms with Gasteiger partial charge >= 0.3 is 12.2 Å². The van der Waals surface area contributed by atoms with Crippen LogP contribution in [0.1, 0.15) is 36.4 Å². The van der Waals surface area contributed by atoms with Crippen LogP contribution in [0.25, 0.3) is 11.4 Å². The summed E-state index contributed by atoms with van der Waals surface area (Å²) in [4.78, 5) is 40.4. The van der Waals surface area contributed by atoms with Crippen LogP contribution in [0.4, 0.5) is 29.3 Å². The summed E-state index contributed by atoms with van der Waals surface area (Å²) < 4.78 is 47.2.